The molecule has 1 aliphatic heterocycles. The maximum atomic E-state index is 12.5. The molecule has 1 amide bonds. The fraction of sp³-hybridized carbons (Fsp3) is 0.200. The number of anilines is 1. The van der Waals surface area contributed by atoms with Crippen LogP contribution >= 0.6 is 11.3 Å². The number of ether oxygens (including phenoxy) is 2. The lowest BCUT2D eigenvalue weighted by atomic mass is 10.1. The van der Waals surface area contributed by atoms with Gasteiger partial charge in [-0.2, -0.15) is 0 Å². The molecule has 150 valence electrons. The highest BCUT2D eigenvalue weighted by Crippen LogP contribution is 2.36. The first-order valence-electron chi connectivity index (χ1n) is 8.85. The number of carbonyl (C=O) groups excluding carboxylic acids is 1. The van der Waals surface area contributed by atoms with E-state index in [1.165, 1.54) is 35.6 Å². The molecular formula is C20H18N2O5S2. The van der Waals surface area contributed by atoms with Gasteiger partial charge in [0.1, 0.15) is 0 Å². The Hall–Kier alpha value is -2.91. The fourth-order valence-electron chi connectivity index (χ4n) is 2.76. The van der Waals surface area contributed by atoms with Crippen LogP contribution in [0.3, 0.4) is 0 Å². The van der Waals surface area contributed by atoms with Crippen molar-refractivity contribution in [2.75, 3.05) is 12.1 Å². The topological polar surface area (TPSA) is 94.6 Å². The van der Waals surface area contributed by atoms with Crippen molar-refractivity contribution in [2.45, 2.75) is 24.0 Å². The molecule has 29 heavy (non-hydrogen) atoms. The Morgan fingerprint density at radius 1 is 1.10 bits per heavy atom. The number of benzene rings is 2. The lowest BCUT2D eigenvalue weighted by Gasteiger charge is -2.08. The molecule has 1 aliphatic rings. The number of hydrogen-bond donors (Lipinski definition) is 1. The number of fused-ring (bicyclic) bond motifs is 1. The molecule has 1 aromatic heterocycles. The van der Waals surface area contributed by atoms with E-state index in [2.05, 4.69) is 10.3 Å². The fourth-order valence-corrected chi connectivity index (χ4v) is 4.53. The molecule has 2 aromatic carbocycles. The molecule has 9 heteroatoms. The summed E-state index contributed by atoms with van der Waals surface area (Å²) < 4.78 is 35.1. The Balaban J connectivity index is 1.48. The molecule has 0 saturated carbocycles. The summed E-state index contributed by atoms with van der Waals surface area (Å²) in [4.78, 5) is 17.1. The van der Waals surface area contributed by atoms with Crippen molar-refractivity contribution in [1.29, 1.82) is 0 Å². The standard InChI is InChI=1S/C20H18N2O5S2/c1-12(2)29(24,25)15-6-3-13(4-7-15)19(23)22-20-21-16(10-28-20)14-5-8-17-18(9-14)27-11-26-17/h3-10,12H,11H2,1-2H3,(H,21,22,23). The van der Waals surface area contributed by atoms with E-state index in [1.54, 1.807) is 13.8 Å². The van der Waals surface area contributed by atoms with Crippen molar-refractivity contribution in [1.82, 2.24) is 4.98 Å². The molecule has 0 saturated heterocycles. The number of thiazole rings is 1. The first-order chi connectivity index (χ1) is 13.8. The number of carbonyl (C=O) groups is 1. The van der Waals surface area contributed by atoms with Crippen LogP contribution in [-0.2, 0) is 9.84 Å². The third-order valence-electron chi connectivity index (χ3n) is 4.46. The van der Waals surface area contributed by atoms with Gasteiger partial charge in [-0.3, -0.25) is 10.1 Å². The Labute approximate surface area is 172 Å². The molecular weight excluding hydrogens is 412 g/mol. The van der Waals surface area contributed by atoms with Crippen LogP contribution in [0.1, 0.15) is 24.2 Å². The zero-order valence-corrected chi connectivity index (χ0v) is 17.3. The predicted molar refractivity (Wildman–Crippen MR) is 110 cm³/mol. The van der Waals surface area contributed by atoms with Gasteiger partial charge in [0, 0.05) is 16.5 Å². The van der Waals surface area contributed by atoms with E-state index >= 15 is 0 Å². The average Bonchev–Trinajstić information content (AvgIpc) is 3.36. The molecule has 1 N–H and O–H groups in total. The van der Waals surface area contributed by atoms with Crippen molar-refractivity contribution in [3.05, 3.63) is 53.4 Å². The molecule has 0 aliphatic carbocycles. The molecule has 0 bridgehead atoms. The molecule has 3 aromatic rings. The second-order valence-electron chi connectivity index (χ2n) is 6.68. The lowest BCUT2D eigenvalue weighted by molar-refractivity contribution is 0.102. The predicted octanol–water partition coefficient (Wildman–Crippen LogP) is 3.97. The van der Waals surface area contributed by atoms with Crippen LogP contribution in [-0.4, -0.2) is 31.4 Å². The minimum atomic E-state index is -3.37. The van der Waals surface area contributed by atoms with Gasteiger partial charge in [-0.05, 0) is 56.3 Å². The first-order valence-corrected chi connectivity index (χ1v) is 11.3. The van der Waals surface area contributed by atoms with Crippen LogP contribution in [0.4, 0.5) is 5.13 Å². The van der Waals surface area contributed by atoms with Gasteiger partial charge in [0.15, 0.2) is 26.5 Å². The second-order valence-corrected chi connectivity index (χ2v) is 10.0. The van der Waals surface area contributed by atoms with Crippen LogP contribution in [0.15, 0.2) is 52.7 Å². The van der Waals surface area contributed by atoms with E-state index in [-0.39, 0.29) is 17.6 Å². The first kappa shape index (κ1) is 19.4. The van der Waals surface area contributed by atoms with Gasteiger partial charge in [0.25, 0.3) is 5.91 Å². The number of nitrogens with zero attached hydrogens (tertiary/aromatic N) is 1. The molecule has 7 nitrogen and oxygen atoms in total. The number of sulfone groups is 1. The largest absolute Gasteiger partial charge is 0.454 e. The van der Waals surface area contributed by atoms with Crippen LogP contribution in [0.2, 0.25) is 0 Å². The van der Waals surface area contributed by atoms with Crippen LogP contribution < -0.4 is 14.8 Å². The maximum absolute atomic E-state index is 12.5. The highest BCUT2D eigenvalue weighted by Gasteiger charge is 2.20. The Bertz CT molecular complexity index is 1170. The minimum absolute atomic E-state index is 0.198. The van der Waals surface area contributed by atoms with Crippen molar-refractivity contribution in [3.8, 4) is 22.8 Å². The zero-order valence-electron chi connectivity index (χ0n) is 15.7. The summed E-state index contributed by atoms with van der Waals surface area (Å²) in [6.07, 6.45) is 0. The molecule has 4 rings (SSSR count). The zero-order chi connectivity index (χ0) is 20.6. The van der Waals surface area contributed by atoms with E-state index in [0.717, 1.165) is 5.56 Å². The van der Waals surface area contributed by atoms with Crippen molar-refractivity contribution >= 4 is 32.2 Å². The highest BCUT2D eigenvalue weighted by atomic mass is 32.2. The van der Waals surface area contributed by atoms with Gasteiger partial charge in [-0.1, -0.05) is 0 Å². The summed E-state index contributed by atoms with van der Waals surface area (Å²) in [6.45, 7) is 3.45. The number of hydrogen-bond acceptors (Lipinski definition) is 7. The summed E-state index contributed by atoms with van der Waals surface area (Å²) in [7, 11) is -3.37. The van der Waals surface area contributed by atoms with Gasteiger partial charge in [-0.25, -0.2) is 13.4 Å². The van der Waals surface area contributed by atoms with Gasteiger partial charge in [-0.15, -0.1) is 11.3 Å². The van der Waals surface area contributed by atoms with E-state index in [4.69, 9.17) is 9.47 Å². The SMILES string of the molecule is CC(C)S(=O)(=O)c1ccc(C(=O)Nc2nc(-c3ccc4c(c3)OCO4)cs2)cc1. The highest BCUT2D eigenvalue weighted by molar-refractivity contribution is 7.92. The summed E-state index contributed by atoms with van der Waals surface area (Å²) in [6, 6.07) is 11.4. The monoisotopic (exact) mass is 430 g/mol. The molecule has 0 unspecified atom stereocenters. The van der Waals surface area contributed by atoms with Crippen molar-refractivity contribution < 1.29 is 22.7 Å². The van der Waals surface area contributed by atoms with Gasteiger partial charge >= 0.3 is 0 Å². The number of rotatable bonds is 5. The molecule has 0 radical (unpaired) electrons. The smallest absolute Gasteiger partial charge is 0.257 e. The molecule has 0 atom stereocenters. The van der Waals surface area contributed by atoms with Gasteiger partial charge < -0.3 is 9.47 Å². The van der Waals surface area contributed by atoms with E-state index in [9.17, 15) is 13.2 Å². The van der Waals surface area contributed by atoms with Crippen molar-refractivity contribution in [3.63, 3.8) is 0 Å². The lowest BCUT2D eigenvalue weighted by Crippen LogP contribution is -2.15. The summed E-state index contributed by atoms with van der Waals surface area (Å²) in [5.74, 6) is 1.00. The third-order valence-corrected chi connectivity index (χ3v) is 7.39. The Morgan fingerprint density at radius 3 is 2.55 bits per heavy atom. The van der Waals surface area contributed by atoms with Crippen LogP contribution in [0.5, 0.6) is 11.5 Å². The molecule has 0 fully saturated rings. The molecule has 2 heterocycles. The average molecular weight is 431 g/mol. The van der Waals surface area contributed by atoms with Gasteiger partial charge in [0.2, 0.25) is 6.79 Å². The van der Waals surface area contributed by atoms with E-state index < -0.39 is 15.1 Å². The quantitative estimate of drug-likeness (QED) is 0.658. The minimum Gasteiger partial charge on any atom is -0.454 e. The number of amides is 1. The number of nitrogens with one attached hydrogen (secondary N) is 1. The molecule has 0 spiro atoms. The van der Waals surface area contributed by atoms with Crippen molar-refractivity contribution in [2.24, 2.45) is 0 Å². The Kier molecular flexibility index (Phi) is 5.01. The number of aromatic nitrogens is 1. The van der Waals surface area contributed by atoms with Crippen LogP contribution in [0, 0.1) is 0 Å². The van der Waals surface area contributed by atoms with Gasteiger partial charge in [0.05, 0.1) is 15.8 Å². The van der Waals surface area contributed by atoms with E-state index in [1.807, 2.05) is 23.6 Å². The summed E-state index contributed by atoms with van der Waals surface area (Å²) in [5, 5.41) is 4.51. The Morgan fingerprint density at radius 2 is 1.83 bits per heavy atom. The van der Waals surface area contributed by atoms with Crippen LogP contribution in [0.25, 0.3) is 11.3 Å². The third kappa shape index (κ3) is 3.83. The summed E-state index contributed by atoms with van der Waals surface area (Å²) >= 11 is 1.30. The maximum Gasteiger partial charge on any atom is 0.257 e. The normalized spacial score (nSPS) is 12.9. The second kappa shape index (κ2) is 7.49. The summed E-state index contributed by atoms with van der Waals surface area (Å²) in [5.41, 5.74) is 1.92. The van der Waals surface area contributed by atoms with E-state index in [0.29, 0.717) is 27.9 Å².